The summed E-state index contributed by atoms with van der Waals surface area (Å²) in [6.45, 7) is 8.90. The van der Waals surface area contributed by atoms with Crippen molar-refractivity contribution in [1.82, 2.24) is 10.2 Å². The molecule has 0 aromatic heterocycles. The molecule has 1 heterocycles. The number of rotatable bonds is 6. The average Bonchev–Trinajstić information content (AvgIpc) is 2.67. The van der Waals surface area contributed by atoms with E-state index >= 15 is 0 Å². The van der Waals surface area contributed by atoms with Crippen LogP contribution in [-0.2, 0) is 4.79 Å². The maximum Gasteiger partial charge on any atom is 0.238 e. The first-order chi connectivity index (χ1) is 12.3. The summed E-state index contributed by atoms with van der Waals surface area (Å²) in [6, 6.07) is 11.3. The second kappa shape index (κ2) is 8.46. The minimum absolute atomic E-state index is 0.0175. The average molecular weight is 355 g/mol. The fraction of sp³-hybridized carbons (Fsp3) is 0.571. The number of benzene rings is 1. The Morgan fingerprint density at radius 3 is 2.27 bits per heavy atom. The summed E-state index contributed by atoms with van der Waals surface area (Å²) in [5, 5.41) is 12.3. The number of hydrogen-bond acceptors (Lipinski definition) is 4. The third kappa shape index (κ3) is 4.50. The Morgan fingerprint density at radius 2 is 1.77 bits per heavy atom. The molecule has 1 saturated heterocycles. The van der Waals surface area contributed by atoms with Crippen molar-refractivity contribution in [3.05, 3.63) is 35.9 Å². The second-order valence-electron chi connectivity index (χ2n) is 7.67. The molecule has 0 bridgehead atoms. The van der Waals surface area contributed by atoms with E-state index in [0.717, 1.165) is 18.4 Å². The number of ketones is 1. The van der Waals surface area contributed by atoms with Gasteiger partial charge in [-0.2, -0.15) is 5.26 Å². The van der Waals surface area contributed by atoms with Crippen molar-refractivity contribution in [3.8, 4) is 6.07 Å². The zero-order valence-electron chi connectivity index (χ0n) is 16.2. The molecule has 2 rings (SSSR count). The van der Waals surface area contributed by atoms with E-state index in [9.17, 15) is 14.9 Å². The van der Waals surface area contributed by atoms with Crippen molar-refractivity contribution in [2.45, 2.75) is 52.1 Å². The summed E-state index contributed by atoms with van der Waals surface area (Å²) in [7, 11) is 0. The number of Topliss-reactive ketones (excluding diaryl/α,β-unsaturated/α-hetero) is 1. The largest absolute Gasteiger partial charge is 0.336 e. The minimum atomic E-state index is -0.868. The number of carbonyl (C=O) groups excluding carboxylic acids is 2. The van der Waals surface area contributed by atoms with Gasteiger partial charge in [-0.25, -0.2) is 0 Å². The Bertz CT molecular complexity index is 672. The lowest BCUT2D eigenvalue weighted by molar-refractivity contribution is -0.128. The van der Waals surface area contributed by atoms with Crippen LogP contribution in [0.3, 0.4) is 0 Å². The van der Waals surface area contributed by atoms with E-state index in [0.29, 0.717) is 13.1 Å². The van der Waals surface area contributed by atoms with Gasteiger partial charge in [0.2, 0.25) is 5.91 Å². The van der Waals surface area contributed by atoms with Crippen LogP contribution in [0.5, 0.6) is 0 Å². The summed E-state index contributed by atoms with van der Waals surface area (Å²) in [4.78, 5) is 27.3. The molecule has 1 amide bonds. The molecule has 26 heavy (non-hydrogen) atoms. The van der Waals surface area contributed by atoms with Crippen molar-refractivity contribution >= 4 is 11.7 Å². The fourth-order valence-corrected chi connectivity index (χ4v) is 3.21. The molecule has 2 unspecified atom stereocenters. The van der Waals surface area contributed by atoms with Gasteiger partial charge in [-0.05, 0) is 45.7 Å². The highest BCUT2D eigenvalue weighted by molar-refractivity contribution is 5.97. The number of piperidine rings is 1. The van der Waals surface area contributed by atoms with Gasteiger partial charge in [0, 0.05) is 11.5 Å². The third-order valence-electron chi connectivity index (χ3n) is 5.66. The number of nitriles is 1. The van der Waals surface area contributed by atoms with Crippen LogP contribution in [-0.4, -0.2) is 41.3 Å². The SMILES string of the molecule is CC(C(=O)NC(C)(C#N)C(C)C)N1CCC(C(=O)c2ccccc2)CC1. The smallest absolute Gasteiger partial charge is 0.238 e. The molecule has 1 aliphatic rings. The Labute approximate surface area is 156 Å². The first kappa shape index (κ1) is 20.1. The Kier molecular flexibility index (Phi) is 6.55. The molecule has 1 aliphatic heterocycles. The molecule has 140 valence electrons. The van der Waals surface area contributed by atoms with E-state index in [1.165, 1.54) is 0 Å². The number of nitrogens with zero attached hydrogens (tertiary/aromatic N) is 2. The Balaban J connectivity index is 1.92. The normalized spacial score (nSPS) is 19.4. The molecule has 1 aromatic rings. The lowest BCUT2D eigenvalue weighted by Crippen LogP contribution is -2.56. The van der Waals surface area contributed by atoms with Gasteiger partial charge in [0.15, 0.2) is 5.78 Å². The zero-order valence-corrected chi connectivity index (χ0v) is 16.2. The summed E-state index contributed by atoms with van der Waals surface area (Å²) < 4.78 is 0. The first-order valence-corrected chi connectivity index (χ1v) is 9.35. The summed E-state index contributed by atoms with van der Waals surface area (Å²) in [5.41, 5.74) is -0.106. The third-order valence-corrected chi connectivity index (χ3v) is 5.66. The first-order valence-electron chi connectivity index (χ1n) is 9.35. The molecule has 1 fully saturated rings. The fourth-order valence-electron chi connectivity index (χ4n) is 3.21. The molecule has 0 saturated carbocycles. The van der Waals surface area contributed by atoms with Gasteiger partial charge in [0.25, 0.3) is 0 Å². The van der Waals surface area contributed by atoms with Crippen LogP contribution in [0.25, 0.3) is 0 Å². The summed E-state index contributed by atoms with van der Waals surface area (Å²) >= 11 is 0. The van der Waals surface area contributed by atoms with Crippen LogP contribution >= 0.6 is 0 Å². The lowest BCUT2D eigenvalue weighted by Gasteiger charge is -2.36. The molecule has 5 heteroatoms. The van der Waals surface area contributed by atoms with Crippen LogP contribution in [0.2, 0.25) is 0 Å². The molecule has 0 spiro atoms. The molecule has 0 aliphatic carbocycles. The maximum atomic E-state index is 12.6. The van der Waals surface area contributed by atoms with E-state index in [1.807, 2.05) is 51.1 Å². The van der Waals surface area contributed by atoms with Gasteiger partial charge in [-0.15, -0.1) is 0 Å². The highest BCUT2D eigenvalue weighted by Crippen LogP contribution is 2.23. The monoisotopic (exact) mass is 355 g/mol. The van der Waals surface area contributed by atoms with Crippen molar-refractivity contribution in [1.29, 1.82) is 5.26 Å². The van der Waals surface area contributed by atoms with Gasteiger partial charge >= 0.3 is 0 Å². The van der Waals surface area contributed by atoms with Crippen LogP contribution in [0, 0.1) is 23.2 Å². The minimum Gasteiger partial charge on any atom is -0.336 e. The van der Waals surface area contributed by atoms with Gasteiger partial charge in [-0.1, -0.05) is 44.2 Å². The predicted molar refractivity (Wildman–Crippen MR) is 102 cm³/mol. The molecule has 5 nitrogen and oxygen atoms in total. The van der Waals surface area contributed by atoms with Gasteiger partial charge in [0.05, 0.1) is 12.1 Å². The van der Waals surface area contributed by atoms with E-state index in [2.05, 4.69) is 16.3 Å². The molecular weight excluding hydrogens is 326 g/mol. The van der Waals surface area contributed by atoms with E-state index in [-0.39, 0.29) is 29.6 Å². The Hall–Kier alpha value is -2.19. The van der Waals surface area contributed by atoms with Crippen molar-refractivity contribution < 1.29 is 9.59 Å². The van der Waals surface area contributed by atoms with Crippen molar-refractivity contribution in [2.75, 3.05) is 13.1 Å². The van der Waals surface area contributed by atoms with E-state index < -0.39 is 5.54 Å². The van der Waals surface area contributed by atoms with Gasteiger partial charge < -0.3 is 5.32 Å². The summed E-state index contributed by atoms with van der Waals surface area (Å²) in [6.07, 6.45) is 1.51. The molecule has 0 radical (unpaired) electrons. The quantitative estimate of drug-likeness (QED) is 0.796. The van der Waals surface area contributed by atoms with Crippen LogP contribution in [0.1, 0.15) is 50.9 Å². The van der Waals surface area contributed by atoms with Crippen LogP contribution < -0.4 is 5.32 Å². The number of nitrogens with one attached hydrogen (secondary N) is 1. The van der Waals surface area contributed by atoms with E-state index in [4.69, 9.17) is 0 Å². The highest BCUT2D eigenvalue weighted by Gasteiger charge is 2.35. The standard InChI is InChI=1S/C21H29N3O2/c1-15(2)21(4,14-22)23-20(26)16(3)24-12-10-18(11-13-24)19(25)17-8-6-5-7-9-17/h5-9,15-16,18H,10-13H2,1-4H3,(H,23,26). The predicted octanol–water partition coefficient (Wildman–Crippen LogP) is 3.02. The molecular formula is C21H29N3O2. The number of carbonyl (C=O) groups is 2. The number of likely N-dealkylation sites (tertiary alicyclic amines) is 1. The molecule has 1 aromatic carbocycles. The number of hydrogen-bond donors (Lipinski definition) is 1. The topological polar surface area (TPSA) is 73.2 Å². The lowest BCUT2D eigenvalue weighted by atomic mass is 9.88. The number of amides is 1. The van der Waals surface area contributed by atoms with Crippen LogP contribution in [0.15, 0.2) is 30.3 Å². The highest BCUT2D eigenvalue weighted by atomic mass is 16.2. The Morgan fingerprint density at radius 1 is 1.19 bits per heavy atom. The summed E-state index contributed by atoms with van der Waals surface area (Å²) in [5.74, 6) is 0.108. The van der Waals surface area contributed by atoms with Gasteiger partial charge in [0.1, 0.15) is 5.54 Å². The van der Waals surface area contributed by atoms with Crippen molar-refractivity contribution in [3.63, 3.8) is 0 Å². The molecule has 2 atom stereocenters. The van der Waals surface area contributed by atoms with E-state index in [1.54, 1.807) is 6.92 Å². The van der Waals surface area contributed by atoms with Crippen molar-refractivity contribution in [2.24, 2.45) is 11.8 Å². The molecule has 1 N–H and O–H groups in total. The zero-order chi connectivity index (χ0) is 19.3. The van der Waals surface area contributed by atoms with Crippen LogP contribution in [0.4, 0.5) is 0 Å². The second-order valence-corrected chi connectivity index (χ2v) is 7.67. The van der Waals surface area contributed by atoms with Gasteiger partial charge in [-0.3, -0.25) is 14.5 Å². The maximum absolute atomic E-state index is 12.6.